The average molecular weight is 287 g/mol. The lowest BCUT2D eigenvalue weighted by molar-refractivity contribution is -0.384. The Morgan fingerprint density at radius 2 is 1.70 bits per heavy atom. The highest BCUT2D eigenvalue weighted by molar-refractivity contribution is 7.84. The minimum absolute atomic E-state index is 0.107. The van der Waals surface area contributed by atoms with E-state index in [1.807, 2.05) is 0 Å². The standard InChI is InChI=1S/C14H9NO4S/c1-20(19)9-3-5-11-12(7-9)10-4-2-8(15(17)18)6-13(10)14(11)16/h2-7H,1H3/t20-/m1/s1. The Bertz CT molecular complexity index is 798. The molecule has 0 amide bonds. The largest absolute Gasteiger partial charge is 0.289 e. The van der Waals surface area contributed by atoms with Crippen molar-refractivity contribution in [2.45, 2.75) is 4.90 Å². The molecule has 0 heterocycles. The molecule has 0 N–H and O–H groups in total. The zero-order valence-electron chi connectivity index (χ0n) is 10.5. The molecule has 0 saturated heterocycles. The van der Waals surface area contributed by atoms with Crippen molar-refractivity contribution in [2.75, 3.05) is 6.26 Å². The van der Waals surface area contributed by atoms with Gasteiger partial charge in [0.1, 0.15) is 0 Å². The first-order valence-corrected chi connectivity index (χ1v) is 7.36. The maximum Gasteiger partial charge on any atom is 0.270 e. The lowest BCUT2D eigenvalue weighted by Crippen LogP contribution is -1.97. The molecule has 0 saturated carbocycles. The molecule has 100 valence electrons. The van der Waals surface area contributed by atoms with Crippen molar-refractivity contribution in [1.82, 2.24) is 0 Å². The quantitative estimate of drug-likeness (QED) is 0.536. The number of rotatable bonds is 2. The number of carbonyl (C=O) groups is 1. The molecule has 1 aliphatic rings. The lowest BCUT2D eigenvalue weighted by atomic mass is 10.1. The van der Waals surface area contributed by atoms with Crippen LogP contribution in [0.1, 0.15) is 15.9 Å². The second kappa shape index (κ2) is 4.35. The van der Waals surface area contributed by atoms with E-state index in [0.717, 1.165) is 0 Å². The van der Waals surface area contributed by atoms with Crippen molar-refractivity contribution < 1.29 is 13.9 Å². The molecule has 0 aromatic heterocycles. The number of carbonyl (C=O) groups excluding carboxylic acids is 1. The summed E-state index contributed by atoms with van der Waals surface area (Å²) in [6.07, 6.45) is 1.56. The molecule has 0 unspecified atom stereocenters. The van der Waals surface area contributed by atoms with Crippen LogP contribution in [-0.4, -0.2) is 21.2 Å². The van der Waals surface area contributed by atoms with Crippen LogP contribution in [0.4, 0.5) is 5.69 Å². The second-order valence-electron chi connectivity index (χ2n) is 4.48. The Morgan fingerprint density at radius 3 is 2.35 bits per heavy atom. The predicted octanol–water partition coefficient (Wildman–Crippen LogP) is 2.54. The molecule has 2 aromatic carbocycles. The molecule has 0 bridgehead atoms. The van der Waals surface area contributed by atoms with Crippen molar-refractivity contribution >= 4 is 22.3 Å². The number of ketones is 1. The van der Waals surface area contributed by atoms with E-state index in [9.17, 15) is 19.1 Å². The van der Waals surface area contributed by atoms with Gasteiger partial charge >= 0.3 is 0 Å². The van der Waals surface area contributed by atoms with Crippen LogP contribution in [0.2, 0.25) is 0 Å². The molecule has 0 fully saturated rings. The fourth-order valence-electron chi connectivity index (χ4n) is 2.34. The topological polar surface area (TPSA) is 77.3 Å². The van der Waals surface area contributed by atoms with Gasteiger partial charge in [-0.25, -0.2) is 0 Å². The third kappa shape index (κ3) is 1.77. The first kappa shape index (κ1) is 12.7. The number of fused-ring (bicyclic) bond motifs is 3. The van der Waals surface area contributed by atoms with E-state index in [1.54, 1.807) is 30.5 Å². The van der Waals surface area contributed by atoms with Gasteiger partial charge in [-0.05, 0) is 35.4 Å². The summed E-state index contributed by atoms with van der Waals surface area (Å²) in [5.41, 5.74) is 2.06. The van der Waals surface area contributed by atoms with E-state index < -0.39 is 15.7 Å². The Kier molecular flexibility index (Phi) is 2.76. The number of hydrogen-bond acceptors (Lipinski definition) is 4. The molecule has 6 heteroatoms. The molecule has 1 aliphatic carbocycles. The summed E-state index contributed by atoms with van der Waals surface area (Å²) in [5, 5.41) is 10.8. The summed E-state index contributed by atoms with van der Waals surface area (Å²) in [4.78, 5) is 23.1. The monoisotopic (exact) mass is 287 g/mol. The third-order valence-electron chi connectivity index (χ3n) is 3.32. The van der Waals surface area contributed by atoms with Crippen LogP contribution in [-0.2, 0) is 10.8 Å². The number of non-ortho nitro benzene ring substituents is 1. The molecule has 0 radical (unpaired) electrons. The maximum atomic E-state index is 12.2. The van der Waals surface area contributed by atoms with Crippen LogP contribution in [0.15, 0.2) is 41.3 Å². The summed E-state index contributed by atoms with van der Waals surface area (Å²) < 4.78 is 11.5. The first-order valence-electron chi connectivity index (χ1n) is 5.80. The Balaban J connectivity index is 2.23. The van der Waals surface area contributed by atoms with Crippen molar-refractivity contribution in [3.05, 3.63) is 57.6 Å². The number of benzene rings is 2. The molecule has 5 nitrogen and oxygen atoms in total. The van der Waals surface area contributed by atoms with Gasteiger partial charge in [0.2, 0.25) is 0 Å². The van der Waals surface area contributed by atoms with Gasteiger partial charge in [-0.2, -0.15) is 0 Å². The van der Waals surface area contributed by atoms with Crippen molar-refractivity contribution in [3.8, 4) is 11.1 Å². The Morgan fingerprint density at radius 1 is 1.00 bits per heavy atom. The Hall–Kier alpha value is -2.34. The van der Waals surface area contributed by atoms with Crippen LogP contribution >= 0.6 is 0 Å². The van der Waals surface area contributed by atoms with Crippen LogP contribution < -0.4 is 0 Å². The van der Waals surface area contributed by atoms with Crippen molar-refractivity contribution in [3.63, 3.8) is 0 Å². The summed E-state index contributed by atoms with van der Waals surface area (Å²) in [6.45, 7) is 0. The third-order valence-corrected chi connectivity index (χ3v) is 4.23. The summed E-state index contributed by atoms with van der Waals surface area (Å²) in [6, 6.07) is 9.21. The van der Waals surface area contributed by atoms with E-state index in [0.29, 0.717) is 27.1 Å². The van der Waals surface area contributed by atoms with Gasteiger partial charge in [0.15, 0.2) is 5.78 Å². The van der Waals surface area contributed by atoms with E-state index in [-0.39, 0.29) is 11.5 Å². The number of nitro benzene ring substituents is 1. The van der Waals surface area contributed by atoms with E-state index in [4.69, 9.17) is 0 Å². The predicted molar refractivity (Wildman–Crippen MR) is 74.3 cm³/mol. The molecular weight excluding hydrogens is 278 g/mol. The highest BCUT2D eigenvalue weighted by Crippen LogP contribution is 2.39. The summed E-state index contributed by atoms with van der Waals surface area (Å²) in [5.74, 6) is -0.230. The zero-order valence-corrected chi connectivity index (χ0v) is 11.3. The van der Waals surface area contributed by atoms with Crippen LogP contribution in [0.25, 0.3) is 11.1 Å². The smallest absolute Gasteiger partial charge is 0.270 e. The highest BCUT2D eigenvalue weighted by atomic mass is 32.2. The van der Waals surface area contributed by atoms with Gasteiger partial charge in [0, 0.05) is 45.2 Å². The van der Waals surface area contributed by atoms with Crippen molar-refractivity contribution in [2.24, 2.45) is 0 Å². The first-order chi connectivity index (χ1) is 9.49. The van der Waals surface area contributed by atoms with E-state index >= 15 is 0 Å². The number of nitro groups is 1. The van der Waals surface area contributed by atoms with Crippen LogP contribution in [0.3, 0.4) is 0 Å². The molecule has 2 aromatic rings. The Labute approximate surface area is 116 Å². The molecule has 3 rings (SSSR count). The van der Waals surface area contributed by atoms with Gasteiger partial charge in [-0.1, -0.05) is 0 Å². The highest BCUT2D eigenvalue weighted by Gasteiger charge is 2.28. The van der Waals surface area contributed by atoms with E-state index in [2.05, 4.69) is 0 Å². The fourth-order valence-corrected chi connectivity index (χ4v) is 2.88. The summed E-state index contributed by atoms with van der Waals surface area (Å²) >= 11 is 0. The van der Waals surface area contributed by atoms with Gasteiger partial charge in [0.25, 0.3) is 5.69 Å². The van der Waals surface area contributed by atoms with Gasteiger partial charge < -0.3 is 0 Å². The van der Waals surface area contributed by atoms with Crippen LogP contribution in [0.5, 0.6) is 0 Å². The maximum absolute atomic E-state index is 12.2. The molecule has 1 atom stereocenters. The van der Waals surface area contributed by atoms with Gasteiger partial charge in [-0.3, -0.25) is 19.1 Å². The minimum atomic E-state index is -1.14. The lowest BCUT2D eigenvalue weighted by Gasteiger charge is -2.02. The minimum Gasteiger partial charge on any atom is -0.289 e. The molecular formula is C14H9NO4S. The molecule has 0 aliphatic heterocycles. The SMILES string of the molecule is C[S@@](=O)c1ccc2c(c1)-c1ccc([N+](=O)[O-])cc1C2=O. The average Bonchev–Trinajstić information content (AvgIpc) is 2.71. The second-order valence-corrected chi connectivity index (χ2v) is 5.86. The normalized spacial score (nSPS) is 13.8. The van der Waals surface area contributed by atoms with E-state index in [1.165, 1.54) is 12.1 Å². The number of hydrogen-bond donors (Lipinski definition) is 0. The van der Waals surface area contributed by atoms with Crippen molar-refractivity contribution in [1.29, 1.82) is 0 Å². The van der Waals surface area contributed by atoms with Gasteiger partial charge in [0.05, 0.1) is 4.92 Å². The summed E-state index contributed by atoms with van der Waals surface area (Å²) in [7, 11) is -1.14. The van der Waals surface area contributed by atoms with Crippen LogP contribution in [0, 0.1) is 10.1 Å². The number of nitrogens with zero attached hydrogens (tertiary/aromatic N) is 1. The fraction of sp³-hybridized carbons (Fsp3) is 0.0714. The molecule has 0 spiro atoms. The van der Waals surface area contributed by atoms with Gasteiger partial charge in [-0.15, -0.1) is 0 Å². The molecule has 20 heavy (non-hydrogen) atoms. The zero-order chi connectivity index (χ0) is 14.4.